The molecule has 1 radical (unpaired) electrons. The zero-order chi connectivity index (χ0) is 11.4. The summed E-state index contributed by atoms with van der Waals surface area (Å²) in [5.41, 5.74) is 6.64. The van der Waals surface area contributed by atoms with Gasteiger partial charge in [0.15, 0.2) is 5.75 Å². The minimum absolute atomic E-state index is 0.417. The van der Waals surface area contributed by atoms with Gasteiger partial charge in [0.25, 0.3) is 0 Å². The molecule has 3 heteroatoms. The molecule has 2 rings (SSSR count). The van der Waals surface area contributed by atoms with Crippen LogP contribution in [0.5, 0.6) is 11.5 Å². The molecule has 0 atom stereocenters. The standard InChI is InChI=1S/C13H10NO2/c14-12-7-6-10(9-15)8-13(12)16-11-4-2-1-3-5-11/h1-8H,14H2. The van der Waals surface area contributed by atoms with Crippen LogP contribution in [0.25, 0.3) is 0 Å². The molecule has 0 saturated carbocycles. The van der Waals surface area contributed by atoms with E-state index in [9.17, 15) is 4.79 Å². The number of hydrogen-bond donors (Lipinski definition) is 1. The Kier molecular flexibility index (Phi) is 2.87. The summed E-state index contributed by atoms with van der Waals surface area (Å²) in [7, 11) is 0. The summed E-state index contributed by atoms with van der Waals surface area (Å²) in [6.07, 6.45) is 1.79. The Bertz CT molecular complexity index is 495. The molecule has 0 amide bonds. The maximum Gasteiger partial charge on any atom is 0.233 e. The maximum absolute atomic E-state index is 10.5. The number of nitrogen functional groups attached to an aromatic ring is 1. The van der Waals surface area contributed by atoms with Crippen molar-refractivity contribution in [3.63, 3.8) is 0 Å². The molecule has 2 aromatic carbocycles. The molecule has 3 nitrogen and oxygen atoms in total. The third-order valence-corrected chi connectivity index (χ3v) is 2.10. The van der Waals surface area contributed by atoms with Gasteiger partial charge in [-0.2, -0.15) is 0 Å². The van der Waals surface area contributed by atoms with E-state index >= 15 is 0 Å². The number of ether oxygens (including phenoxy) is 1. The van der Waals surface area contributed by atoms with Crippen molar-refractivity contribution in [3.05, 3.63) is 54.1 Å². The highest BCUT2D eigenvalue weighted by atomic mass is 16.5. The smallest absolute Gasteiger partial charge is 0.233 e. The fourth-order valence-electron chi connectivity index (χ4n) is 1.30. The van der Waals surface area contributed by atoms with Crippen molar-refractivity contribution in [2.24, 2.45) is 0 Å². The van der Waals surface area contributed by atoms with Gasteiger partial charge >= 0.3 is 0 Å². The van der Waals surface area contributed by atoms with Crippen LogP contribution >= 0.6 is 0 Å². The van der Waals surface area contributed by atoms with Crippen LogP contribution in [0.2, 0.25) is 0 Å². The second kappa shape index (κ2) is 4.49. The average Bonchev–Trinajstić information content (AvgIpc) is 2.33. The molecule has 0 spiro atoms. The summed E-state index contributed by atoms with van der Waals surface area (Å²) in [6, 6.07) is 14.0. The van der Waals surface area contributed by atoms with Crippen LogP contribution in [0.4, 0.5) is 5.69 Å². The van der Waals surface area contributed by atoms with Gasteiger partial charge in [-0.15, -0.1) is 0 Å². The molecule has 0 aliphatic heterocycles. The number of anilines is 1. The van der Waals surface area contributed by atoms with Gasteiger partial charge in [0.1, 0.15) is 5.75 Å². The Hall–Kier alpha value is -2.29. The molecule has 0 unspecified atom stereocenters. The first-order chi connectivity index (χ1) is 7.79. The van der Waals surface area contributed by atoms with E-state index in [4.69, 9.17) is 10.5 Å². The molecule has 2 N–H and O–H groups in total. The Labute approximate surface area is 93.5 Å². The minimum Gasteiger partial charge on any atom is -0.455 e. The van der Waals surface area contributed by atoms with E-state index in [0.29, 0.717) is 22.7 Å². The first-order valence-electron chi connectivity index (χ1n) is 4.80. The first-order valence-corrected chi connectivity index (χ1v) is 4.80. The van der Waals surface area contributed by atoms with Crippen LogP contribution in [-0.2, 0) is 4.79 Å². The van der Waals surface area contributed by atoms with Gasteiger partial charge in [0, 0.05) is 5.56 Å². The fourth-order valence-corrected chi connectivity index (χ4v) is 1.30. The topological polar surface area (TPSA) is 52.3 Å². The lowest BCUT2D eigenvalue weighted by atomic mass is 10.2. The van der Waals surface area contributed by atoms with E-state index in [2.05, 4.69) is 0 Å². The summed E-state index contributed by atoms with van der Waals surface area (Å²) >= 11 is 0. The first kappa shape index (κ1) is 10.2. The Morgan fingerprint density at radius 1 is 1.06 bits per heavy atom. The number of nitrogens with two attached hydrogens (primary N) is 1. The molecular weight excluding hydrogens is 202 g/mol. The lowest BCUT2D eigenvalue weighted by Gasteiger charge is -2.08. The largest absolute Gasteiger partial charge is 0.455 e. The molecule has 0 saturated heterocycles. The minimum atomic E-state index is 0.417. The fraction of sp³-hybridized carbons (Fsp3) is 0. The van der Waals surface area contributed by atoms with Gasteiger partial charge in [-0.3, -0.25) is 4.79 Å². The van der Waals surface area contributed by atoms with E-state index in [1.807, 2.05) is 30.3 Å². The zero-order valence-electron chi connectivity index (χ0n) is 8.51. The molecule has 0 aliphatic rings. The summed E-state index contributed by atoms with van der Waals surface area (Å²) in [5, 5.41) is 0. The highest BCUT2D eigenvalue weighted by molar-refractivity contribution is 5.78. The number of benzene rings is 2. The predicted molar refractivity (Wildman–Crippen MR) is 62.2 cm³/mol. The number of carbonyl (C=O) groups excluding carboxylic acids is 1. The second-order valence-electron chi connectivity index (χ2n) is 3.27. The van der Waals surface area contributed by atoms with Crippen molar-refractivity contribution in [1.29, 1.82) is 0 Å². The number of rotatable bonds is 3. The third-order valence-electron chi connectivity index (χ3n) is 2.10. The van der Waals surface area contributed by atoms with Gasteiger partial charge in [-0.1, -0.05) is 18.2 Å². The molecule has 0 aromatic heterocycles. The summed E-state index contributed by atoms with van der Waals surface area (Å²) in [5.74, 6) is 1.14. The summed E-state index contributed by atoms with van der Waals surface area (Å²) in [4.78, 5) is 10.5. The van der Waals surface area contributed by atoms with E-state index in [1.54, 1.807) is 24.5 Å². The van der Waals surface area contributed by atoms with Gasteiger partial charge in [-0.25, -0.2) is 0 Å². The molecule has 79 valence electrons. The molecule has 0 heterocycles. The van der Waals surface area contributed by atoms with Gasteiger partial charge in [0.2, 0.25) is 6.29 Å². The van der Waals surface area contributed by atoms with Gasteiger partial charge in [0.05, 0.1) is 5.69 Å². The molecule has 0 bridgehead atoms. The number of hydrogen-bond acceptors (Lipinski definition) is 3. The molecule has 2 aromatic rings. The van der Waals surface area contributed by atoms with Crippen LogP contribution in [-0.4, -0.2) is 6.29 Å². The van der Waals surface area contributed by atoms with Crippen molar-refractivity contribution in [2.75, 3.05) is 5.73 Å². The van der Waals surface area contributed by atoms with Gasteiger partial charge < -0.3 is 10.5 Å². The average molecular weight is 212 g/mol. The van der Waals surface area contributed by atoms with Crippen molar-refractivity contribution >= 4 is 12.0 Å². The monoisotopic (exact) mass is 212 g/mol. The van der Waals surface area contributed by atoms with Crippen LogP contribution < -0.4 is 10.5 Å². The lowest BCUT2D eigenvalue weighted by molar-refractivity contribution is 0.484. The van der Waals surface area contributed by atoms with E-state index in [0.717, 1.165) is 0 Å². The van der Waals surface area contributed by atoms with E-state index < -0.39 is 0 Å². The maximum atomic E-state index is 10.5. The Morgan fingerprint density at radius 3 is 2.50 bits per heavy atom. The van der Waals surface area contributed by atoms with Crippen LogP contribution in [0, 0.1) is 0 Å². The molecule has 0 aliphatic carbocycles. The normalized spacial score (nSPS) is 9.75. The van der Waals surface area contributed by atoms with Crippen molar-refractivity contribution < 1.29 is 9.53 Å². The van der Waals surface area contributed by atoms with Crippen molar-refractivity contribution in [3.8, 4) is 11.5 Å². The highest BCUT2D eigenvalue weighted by Gasteiger charge is 2.03. The second-order valence-corrected chi connectivity index (χ2v) is 3.27. The molecule has 16 heavy (non-hydrogen) atoms. The Morgan fingerprint density at radius 2 is 1.81 bits per heavy atom. The van der Waals surface area contributed by atoms with Crippen LogP contribution in [0.3, 0.4) is 0 Å². The van der Waals surface area contributed by atoms with Crippen molar-refractivity contribution in [1.82, 2.24) is 0 Å². The van der Waals surface area contributed by atoms with Crippen LogP contribution in [0.1, 0.15) is 5.56 Å². The molecule has 0 fully saturated rings. The van der Waals surface area contributed by atoms with E-state index in [1.165, 1.54) is 0 Å². The van der Waals surface area contributed by atoms with E-state index in [-0.39, 0.29) is 0 Å². The highest BCUT2D eigenvalue weighted by Crippen LogP contribution is 2.27. The Balaban J connectivity index is 2.30. The number of para-hydroxylation sites is 1. The van der Waals surface area contributed by atoms with Crippen LogP contribution in [0.15, 0.2) is 48.5 Å². The van der Waals surface area contributed by atoms with Crippen molar-refractivity contribution in [2.45, 2.75) is 0 Å². The molecular formula is C13H10NO2. The predicted octanol–water partition coefficient (Wildman–Crippen LogP) is 2.52. The lowest BCUT2D eigenvalue weighted by Crippen LogP contribution is -1.93. The zero-order valence-corrected chi connectivity index (χ0v) is 8.51. The third kappa shape index (κ3) is 2.20. The van der Waals surface area contributed by atoms with Gasteiger partial charge in [-0.05, 0) is 30.3 Å². The quantitative estimate of drug-likeness (QED) is 0.795. The summed E-state index contributed by atoms with van der Waals surface area (Å²) in [6.45, 7) is 0. The SMILES string of the molecule is Nc1ccc([C]=O)cc1Oc1ccccc1. The summed E-state index contributed by atoms with van der Waals surface area (Å²) < 4.78 is 5.55.